The number of carbonyl (C=O) groups is 3. The molecule has 0 bridgehead atoms. The van der Waals surface area contributed by atoms with Crippen LogP contribution in [0.1, 0.15) is 26.7 Å². The molecule has 0 aliphatic carbocycles. The van der Waals surface area contributed by atoms with Gasteiger partial charge in [0.2, 0.25) is 5.91 Å². The first-order valence-electron chi connectivity index (χ1n) is 13.8. The van der Waals surface area contributed by atoms with E-state index in [1.165, 1.54) is 23.9 Å². The molecule has 1 atom stereocenters. The number of hydrogen-bond acceptors (Lipinski definition) is 4. The average molecular weight is 602 g/mol. The predicted molar refractivity (Wildman–Crippen MR) is 173 cm³/mol. The van der Waals surface area contributed by atoms with Gasteiger partial charge in [-0.3, -0.25) is 14.4 Å². The van der Waals surface area contributed by atoms with Crippen LogP contribution in [-0.4, -0.2) is 17.7 Å². The van der Waals surface area contributed by atoms with Gasteiger partial charge in [0.25, 0.3) is 11.8 Å². The molecule has 5 rings (SSSR count). The van der Waals surface area contributed by atoms with Gasteiger partial charge in [0.15, 0.2) is 0 Å². The smallest absolute Gasteiger partial charge is 0.272 e. The maximum Gasteiger partial charge on any atom is 0.272 e. The molecule has 0 aliphatic heterocycles. The van der Waals surface area contributed by atoms with E-state index in [-0.39, 0.29) is 17.3 Å². The van der Waals surface area contributed by atoms with Gasteiger partial charge < -0.3 is 16.0 Å². The number of benzene rings is 5. The number of nitrogens with one attached hydrogen (secondary N) is 3. The second kappa shape index (κ2) is 14.6. The summed E-state index contributed by atoms with van der Waals surface area (Å²) in [5.41, 5.74) is 2.62. The van der Waals surface area contributed by atoms with Gasteiger partial charge in [-0.05, 0) is 65.7 Å². The van der Waals surface area contributed by atoms with Crippen LogP contribution in [0.25, 0.3) is 6.08 Å². The van der Waals surface area contributed by atoms with Gasteiger partial charge in [-0.15, -0.1) is 11.8 Å². The monoisotopic (exact) mass is 601 g/mol. The maximum absolute atomic E-state index is 14.2. The SMILES string of the molecule is O=C(Nc1ccc(SC(C(=O)Nc2ccccc2F)c2ccccc2)cc1)/C(=C/c1ccccc1)NC(=O)c1ccccc1. The Bertz CT molecular complexity index is 1760. The second-order valence-electron chi connectivity index (χ2n) is 9.65. The Labute approximate surface area is 259 Å². The summed E-state index contributed by atoms with van der Waals surface area (Å²) in [4.78, 5) is 40.3. The van der Waals surface area contributed by atoms with Gasteiger partial charge in [-0.2, -0.15) is 0 Å². The molecule has 0 aliphatic rings. The molecule has 3 amide bonds. The van der Waals surface area contributed by atoms with Gasteiger partial charge in [-0.25, -0.2) is 4.39 Å². The second-order valence-corrected chi connectivity index (χ2v) is 10.8. The number of halogens is 1. The first-order valence-corrected chi connectivity index (χ1v) is 14.7. The topological polar surface area (TPSA) is 87.3 Å². The van der Waals surface area contributed by atoms with Crippen LogP contribution in [0.3, 0.4) is 0 Å². The summed E-state index contributed by atoms with van der Waals surface area (Å²) in [7, 11) is 0. The molecule has 5 aromatic carbocycles. The van der Waals surface area contributed by atoms with Crippen molar-refractivity contribution in [3.63, 3.8) is 0 Å². The van der Waals surface area contributed by atoms with Crippen molar-refractivity contribution >= 4 is 46.9 Å². The van der Waals surface area contributed by atoms with Crippen molar-refractivity contribution in [1.29, 1.82) is 0 Å². The van der Waals surface area contributed by atoms with E-state index in [0.29, 0.717) is 11.3 Å². The van der Waals surface area contributed by atoms with Crippen molar-refractivity contribution in [2.75, 3.05) is 10.6 Å². The third-order valence-corrected chi connectivity index (χ3v) is 7.74. The highest BCUT2D eigenvalue weighted by atomic mass is 32.2. The number of anilines is 2. The zero-order valence-electron chi connectivity index (χ0n) is 23.4. The average Bonchev–Trinajstić information content (AvgIpc) is 3.06. The number of hydrogen-bond donors (Lipinski definition) is 3. The minimum absolute atomic E-state index is 0.0810. The molecule has 218 valence electrons. The highest BCUT2D eigenvalue weighted by Gasteiger charge is 2.23. The quantitative estimate of drug-likeness (QED) is 0.113. The Balaban J connectivity index is 1.32. The van der Waals surface area contributed by atoms with Crippen LogP contribution in [0.2, 0.25) is 0 Å². The summed E-state index contributed by atoms with van der Waals surface area (Å²) in [6.07, 6.45) is 1.61. The standard InChI is InChI=1S/C36H28FN3O3S/c37-30-18-10-11-19-31(30)39-36(43)33(26-14-6-2-7-15-26)44-29-22-20-28(21-23-29)38-35(42)32(24-25-12-4-1-5-13-25)40-34(41)27-16-8-3-9-17-27/h1-24,33H,(H,38,42)(H,39,43)(H,40,41)/b32-24-. The summed E-state index contributed by atoms with van der Waals surface area (Å²) >= 11 is 1.30. The lowest BCUT2D eigenvalue weighted by Gasteiger charge is -2.18. The molecule has 3 N–H and O–H groups in total. The van der Waals surface area contributed by atoms with E-state index < -0.39 is 22.9 Å². The number of thioether (sulfide) groups is 1. The lowest BCUT2D eigenvalue weighted by atomic mass is 10.1. The Morgan fingerprint density at radius 2 is 1.25 bits per heavy atom. The van der Waals surface area contributed by atoms with E-state index in [4.69, 9.17) is 0 Å². The summed E-state index contributed by atoms with van der Waals surface area (Å²) in [6, 6.07) is 40.1. The highest BCUT2D eigenvalue weighted by molar-refractivity contribution is 8.00. The fraction of sp³-hybridized carbons (Fsp3) is 0.0278. The van der Waals surface area contributed by atoms with Crippen molar-refractivity contribution in [2.45, 2.75) is 10.1 Å². The molecule has 5 aromatic rings. The number of para-hydroxylation sites is 1. The fourth-order valence-electron chi connectivity index (χ4n) is 4.27. The highest BCUT2D eigenvalue weighted by Crippen LogP contribution is 2.37. The minimum Gasteiger partial charge on any atom is -0.322 e. The lowest BCUT2D eigenvalue weighted by Crippen LogP contribution is -2.30. The molecule has 0 heterocycles. The van der Waals surface area contributed by atoms with Gasteiger partial charge in [-0.1, -0.05) is 91.0 Å². The van der Waals surface area contributed by atoms with Crippen molar-refractivity contribution in [3.05, 3.63) is 168 Å². The maximum atomic E-state index is 14.2. The van der Waals surface area contributed by atoms with E-state index in [9.17, 15) is 18.8 Å². The largest absolute Gasteiger partial charge is 0.322 e. The Hall–Kier alpha value is -5.47. The normalized spacial score (nSPS) is 11.7. The Morgan fingerprint density at radius 3 is 1.91 bits per heavy atom. The number of amides is 3. The van der Waals surface area contributed by atoms with Crippen molar-refractivity contribution in [1.82, 2.24) is 5.32 Å². The molecule has 0 saturated heterocycles. The minimum atomic E-state index is -0.662. The van der Waals surface area contributed by atoms with E-state index in [2.05, 4.69) is 16.0 Å². The Kier molecular flexibility index (Phi) is 9.97. The zero-order chi connectivity index (χ0) is 30.7. The number of rotatable bonds is 10. The summed E-state index contributed by atoms with van der Waals surface area (Å²) in [5.74, 6) is -1.79. The number of carbonyl (C=O) groups excluding carboxylic acids is 3. The summed E-state index contributed by atoms with van der Waals surface area (Å²) in [5, 5.41) is 7.60. The van der Waals surface area contributed by atoms with E-state index >= 15 is 0 Å². The Morgan fingerprint density at radius 1 is 0.659 bits per heavy atom. The summed E-state index contributed by atoms with van der Waals surface area (Å²) in [6.45, 7) is 0. The third-order valence-electron chi connectivity index (χ3n) is 6.48. The van der Waals surface area contributed by atoms with Crippen molar-refractivity contribution in [3.8, 4) is 0 Å². The van der Waals surface area contributed by atoms with Gasteiger partial charge in [0, 0.05) is 16.1 Å². The molecule has 44 heavy (non-hydrogen) atoms. The van der Waals surface area contributed by atoms with E-state index in [1.807, 2.05) is 66.7 Å². The molecule has 0 aromatic heterocycles. The van der Waals surface area contributed by atoms with Crippen LogP contribution >= 0.6 is 11.8 Å². The molecule has 1 unspecified atom stereocenters. The van der Waals surface area contributed by atoms with Crippen LogP contribution in [0.4, 0.5) is 15.8 Å². The van der Waals surface area contributed by atoms with E-state index in [1.54, 1.807) is 66.7 Å². The lowest BCUT2D eigenvalue weighted by molar-refractivity contribution is -0.116. The van der Waals surface area contributed by atoms with Crippen molar-refractivity contribution < 1.29 is 18.8 Å². The molecule has 0 saturated carbocycles. The predicted octanol–water partition coefficient (Wildman–Crippen LogP) is 7.71. The zero-order valence-corrected chi connectivity index (χ0v) is 24.3. The van der Waals surface area contributed by atoms with Crippen LogP contribution < -0.4 is 16.0 Å². The van der Waals surface area contributed by atoms with Gasteiger partial charge in [0.05, 0.1) is 5.69 Å². The molecule has 8 heteroatoms. The van der Waals surface area contributed by atoms with E-state index in [0.717, 1.165) is 16.0 Å². The van der Waals surface area contributed by atoms with Crippen LogP contribution in [0, 0.1) is 5.82 Å². The fourth-order valence-corrected chi connectivity index (χ4v) is 5.30. The van der Waals surface area contributed by atoms with Gasteiger partial charge >= 0.3 is 0 Å². The van der Waals surface area contributed by atoms with Crippen LogP contribution in [-0.2, 0) is 9.59 Å². The molecule has 0 fully saturated rings. The molecule has 6 nitrogen and oxygen atoms in total. The summed E-state index contributed by atoms with van der Waals surface area (Å²) < 4.78 is 14.2. The molecule has 0 spiro atoms. The molecular weight excluding hydrogens is 573 g/mol. The van der Waals surface area contributed by atoms with Gasteiger partial charge in [0.1, 0.15) is 16.8 Å². The first kappa shape index (κ1) is 30.0. The van der Waals surface area contributed by atoms with Crippen molar-refractivity contribution in [2.24, 2.45) is 0 Å². The first-order chi connectivity index (χ1) is 21.5. The molecular formula is C36H28FN3O3S. The third kappa shape index (κ3) is 8.08. The molecule has 0 radical (unpaired) electrons. The van der Waals surface area contributed by atoms with Crippen LogP contribution in [0.15, 0.2) is 150 Å². The van der Waals surface area contributed by atoms with Crippen LogP contribution in [0.5, 0.6) is 0 Å².